The summed E-state index contributed by atoms with van der Waals surface area (Å²) in [6.45, 7) is 5.44. The summed E-state index contributed by atoms with van der Waals surface area (Å²) in [7, 11) is 0. The molecule has 0 fully saturated rings. The Balaban J connectivity index is 1.99. The van der Waals surface area contributed by atoms with Gasteiger partial charge in [0.1, 0.15) is 5.54 Å². The highest BCUT2D eigenvalue weighted by Gasteiger charge is 2.30. The van der Waals surface area contributed by atoms with Crippen molar-refractivity contribution in [2.75, 3.05) is 5.75 Å². The summed E-state index contributed by atoms with van der Waals surface area (Å²) in [6.07, 6.45) is 0. The molecule has 0 aliphatic rings. The van der Waals surface area contributed by atoms with E-state index in [0.29, 0.717) is 26.8 Å². The van der Waals surface area contributed by atoms with Gasteiger partial charge in [0.15, 0.2) is 5.16 Å². The Labute approximate surface area is 183 Å². The van der Waals surface area contributed by atoms with Crippen molar-refractivity contribution in [3.8, 4) is 11.8 Å². The topological polar surface area (TPSA) is 87.8 Å². The van der Waals surface area contributed by atoms with Crippen LogP contribution in [0.3, 0.4) is 0 Å². The summed E-state index contributed by atoms with van der Waals surface area (Å²) in [5.41, 5.74) is -0.0959. The molecular formula is C22H21ClN4O2S. The molecule has 0 radical (unpaired) electrons. The minimum atomic E-state index is -0.971. The van der Waals surface area contributed by atoms with Crippen LogP contribution < -0.4 is 10.9 Å². The fraction of sp³-hybridized carbons (Fsp3) is 0.273. The number of carbonyl (C=O) groups is 1. The van der Waals surface area contributed by atoms with E-state index < -0.39 is 5.54 Å². The maximum atomic E-state index is 13.2. The Morgan fingerprint density at radius 2 is 2.03 bits per heavy atom. The second kappa shape index (κ2) is 8.90. The molecule has 1 heterocycles. The minimum Gasteiger partial charge on any atom is -0.337 e. The van der Waals surface area contributed by atoms with Gasteiger partial charge in [-0.25, -0.2) is 4.98 Å². The van der Waals surface area contributed by atoms with Crippen LogP contribution in [0.25, 0.3) is 16.6 Å². The molecule has 0 aliphatic heterocycles. The van der Waals surface area contributed by atoms with Crippen LogP contribution in [0.2, 0.25) is 5.02 Å². The van der Waals surface area contributed by atoms with Gasteiger partial charge in [-0.1, -0.05) is 55.4 Å². The lowest BCUT2D eigenvalue weighted by Crippen LogP contribution is -2.49. The molecule has 3 aromatic rings. The molecule has 30 heavy (non-hydrogen) atoms. The van der Waals surface area contributed by atoms with Crippen molar-refractivity contribution in [2.45, 2.75) is 31.5 Å². The van der Waals surface area contributed by atoms with E-state index in [4.69, 9.17) is 11.6 Å². The molecule has 1 amide bonds. The van der Waals surface area contributed by atoms with E-state index in [0.717, 1.165) is 11.8 Å². The van der Waals surface area contributed by atoms with Crippen molar-refractivity contribution >= 4 is 40.2 Å². The summed E-state index contributed by atoms with van der Waals surface area (Å²) in [4.78, 5) is 30.3. The largest absolute Gasteiger partial charge is 0.337 e. The zero-order valence-electron chi connectivity index (χ0n) is 16.8. The second-order valence-electron chi connectivity index (χ2n) is 7.34. The fourth-order valence-corrected chi connectivity index (χ4v) is 3.81. The van der Waals surface area contributed by atoms with Crippen molar-refractivity contribution in [1.29, 1.82) is 5.26 Å². The van der Waals surface area contributed by atoms with Gasteiger partial charge in [0.05, 0.1) is 28.4 Å². The van der Waals surface area contributed by atoms with E-state index in [9.17, 15) is 14.9 Å². The van der Waals surface area contributed by atoms with E-state index in [1.165, 1.54) is 4.57 Å². The zero-order chi connectivity index (χ0) is 21.9. The van der Waals surface area contributed by atoms with Crippen LogP contribution in [0, 0.1) is 17.2 Å². The van der Waals surface area contributed by atoms with E-state index in [-0.39, 0.29) is 23.1 Å². The van der Waals surface area contributed by atoms with E-state index in [2.05, 4.69) is 16.4 Å². The Kier molecular flexibility index (Phi) is 6.49. The number of halogens is 1. The quantitative estimate of drug-likeness (QED) is 0.458. The lowest BCUT2D eigenvalue weighted by Gasteiger charge is -2.27. The van der Waals surface area contributed by atoms with Crippen molar-refractivity contribution in [1.82, 2.24) is 14.9 Å². The molecule has 3 rings (SSSR count). The normalized spacial score (nSPS) is 13.1. The fourth-order valence-electron chi connectivity index (χ4n) is 2.81. The summed E-state index contributed by atoms with van der Waals surface area (Å²) in [6, 6.07) is 16.1. The first-order valence-electron chi connectivity index (χ1n) is 9.38. The molecule has 0 spiro atoms. The zero-order valence-corrected chi connectivity index (χ0v) is 18.4. The lowest BCUT2D eigenvalue weighted by molar-refractivity contribution is -0.120. The number of amides is 1. The van der Waals surface area contributed by atoms with E-state index >= 15 is 0 Å². The van der Waals surface area contributed by atoms with Gasteiger partial charge in [-0.2, -0.15) is 5.26 Å². The van der Waals surface area contributed by atoms with Crippen LogP contribution in [-0.2, 0) is 4.79 Å². The molecule has 1 atom stereocenters. The number of aromatic nitrogens is 2. The number of carbonyl (C=O) groups excluding carboxylic acids is 1. The van der Waals surface area contributed by atoms with E-state index in [1.54, 1.807) is 55.5 Å². The number of benzene rings is 2. The Hall–Kier alpha value is -2.82. The Morgan fingerprint density at radius 3 is 2.70 bits per heavy atom. The van der Waals surface area contributed by atoms with Crippen molar-refractivity contribution < 1.29 is 4.79 Å². The predicted molar refractivity (Wildman–Crippen MR) is 120 cm³/mol. The third-order valence-corrected chi connectivity index (χ3v) is 6.10. The van der Waals surface area contributed by atoms with Crippen LogP contribution in [0.15, 0.2) is 58.5 Å². The van der Waals surface area contributed by atoms with Crippen LogP contribution in [0.5, 0.6) is 0 Å². The number of nitriles is 1. The summed E-state index contributed by atoms with van der Waals surface area (Å²) in [5, 5.41) is 13.5. The van der Waals surface area contributed by atoms with Gasteiger partial charge in [-0.15, -0.1) is 0 Å². The maximum absolute atomic E-state index is 13.2. The van der Waals surface area contributed by atoms with E-state index in [1.807, 2.05) is 13.8 Å². The molecule has 6 nitrogen and oxygen atoms in total. The molecule has 154 valence electrons. The standard InChI is InChI=1S/C22H21ClN4O2S/c1-14(2)22(3,13-24)26-19(28)12-30-21-25-18-10-5-4-9-17(18)20(29)27(21)16-8-6-7-15(23)11-16/h4-11,14H,12H2,1-3H3,(H,26,28). The Morgan fingerprint density at radius 1 is 1.30 bits per heavy atom. The molecule has 0 bridgehead atoms. The third kappa shape index (κ3) is 4.50. The predicted octanol–water partition coefficient (Wildman–Crippen LogP) is 4.19. The molecule has 0 saturated heterocycles. The molecule has 0 saturated carbocycles. The number of thioether (sulfide) groups is 1. The summed E-state index contributed by atoms with van der Waals surface area (Å²) < 4.78 is 1.46. The van der Waals surface area contributed by atoms with Crippen LogP contribution >= 0.6 is 23.4 Å². The van der Waals surface area contributed by atoms with Crippen LogP contribution in [0.1, 0.15) is 20.8 Å². The number of nitrogens with zero attached hydrogens (tertiary/aromatic N) is 3. The number of para-hydroxylation sites is 1. The maximum Gasteiger partial charge on any atom is 0.266 e. The molecule has 2 aromatic carbocycles. The lowest BCUT2D eigenvalue weighted by atomic mass is 9.90. The van der Waals surface area contributed by atoms with Gasteiger partial charge >= 0.3 is 0 Å². The van der Waals surface area contributed by atoms with Crippen LogP contribution in [-0.4, -0.2) is 26.8 Å². The number of nitrogens with one attached hydrogen (secondary N) is 1. The van der Waals surface area contributed by atoms with Gasteiger partial charge in [-0.3, -0.25) is 14.2 Å². The highest BCUT2D eigenvalue weighted by Crippen LogP contribution is 2.23. The highest BCUT2D eigenvalue weighted by molar-refractivity contribution is 7.99. The third-order valence-electron chi connectivity index (χ3n) is 4.93. The first-order chi connectivity index (χ1) is 14.2. The second-order valence-corrected chi connectivity index (χ2v) is 8.72. The van der Waals surface area contributed by atoms with Crippen molar-refractivity contribution in [3.63, 3.8) is 0 Å². The smallest absolute Gasteiger partial charge is 0.266 e. The molecule has 1 aromatic heterocycles. The number of rotatable bonds is 6. The van der Waals surface area contributed by atoms with Gasteiger partial charge in [-0.05, 0) is 43.2 Å². The van der Waals surface area contributed by atoms with Gasteiger partial charge < -0.3 is 5.32 Å². The first kappa shape index (κ1) is 21.9. The number of hydrogen-bond donors (Lipinski definition) is 1. The SMILES string of the molecule is CC(C)C(C)(C#N)NC(=O)CSc1nc2ccccc2c(=O)n1-c1cccc(Cl)c1. The van der Waals surface area contributed by atoms with Gasteiger partial charge in [0, 0.05) is 5.02 Å². The average molecular weight is 441 g/mol. The van der Waals surface area contributed by atoms with Crippen molar-refractivity contribution in [3.05, 3.63) is 63.9 Å². The average Bonchev–Trinajstić information content (AvgIpc) is 2.72. The summed E-state index contributed by atoms with van der Waals surface area (Å²) >= 11 is 7.26. The van der Waals surface area contributed by atoms with Crippen molar-refractivity contribution in [2.24, 2.45) is 5.92 Å². The summed E-state index contributed by atoms with van der Waals surface area (Å²) in [5.74, 6) is -0.354. The first-order valence-corrected chi connectivity index (χ1v) is 10.7. The highest BCUT2D eigenvalue weighted by atomic mass is 35.5. The molecule has 8 heteroatoms. The molecule has 1 unspecified atom stereocenters. The number of fused-ring (bicyclic) bond motifs is 1. The minimum absolute atomic E-state index is 0.00926. The Bertz CT molecular complexity index is 1200. The molecule has 1 N–H and O–H groups in total. The van der Waals surface area contributed by atoms with Gasteiger partial charge in [0.25, 0.3) is 5.56 Å². The van der Waals surface area contributed by atoms with Gasteiger partial charge in [0.2, 0.25) is 5.91 Å². The number of hydrogen-bond acceptors (Lipinski definition) is 5. The molecule has 0 aliphatic carbocycles. The van der Waals surface area contributed by atoms with Crippen LogP contribution in [0.4, 0.5) is 0 Å². The monoisotopic (exact) mass is 440 g/mol. The molecular weight excluding hydrogens is 420 g/mol.